The van der Waals surface area contributed by atoms with Gasteiger partial charge in [0.15, 0.2) is 0 Å². The van der Waals surface area contributed by atoms with E-state index in [2.05, 4.69) is 33.0 Å². The number of carbonyl (C=O) groups is 1. The van der Waals surface area contributed by atoms with Crippen LogP contribution in [-0.2, 0) is 9.53 Å². The van der Waals surface area contributed by atoms with Crippen LogP contribution in [0, 0.1) is 12.8 Å². The first-order valence-corrected chi connectivity index (χ1v) is 10.0. The standard InChI is InChI=1S/C22H37NO3/c1-7-9-10-13-22(6,26-14-8-2)21(24)23-19-11-12-20(18(5)15-19)25-16-17(3)4/h11-12,15,17H,7-10,13-14,16H2,1-6H3,(H,23,24)/t22-/m0/s1. The Bertz CT molecular complexity index is 556. The second-order valence-corrected chi connectivity index (χ2v) is 7.68. The van der Waals surface area contributed by atoms with Gasteiger partial charge in [0.1, 0.15) is 11.4 Å². The van der Waals surface area contributed by atoms with Gasteiger partial charge in [-0.3, -0.25) is 4.79 Å². The van der Waals surface area contributed by atoms with Crippen LogP contribution in [0.4, 0.5) is 5.69 Å². The number of ether oxygens (including phenoxy) is 2. The van der Waals surface area contributed by atoms with Crippen LogP contribution in [0.25, 0.3) is 0 Å². The molecule has 4 nitrogen and oxygen atoms in total. The van der Waals surface area contributed by atoms with E-state index in [-0.39, 0.29) is 5.91 Å². The number of aryl methyl sites for hydroxylation is 1. The van der Waals surface area contributed by atoms with Gasteiger partial charge < -0.3 is 14.8 Å². The van der Waals surface area contributed by atoms with E-state index < -0.39 is 5.60 Å². The fraction of sp³-hybridized carbons (Fsp3) is 0.682. The Labute approximate surface area is 159 Å². The van der Waals surface area contributed by atoms with Crippen molar-refractivity contribution in [2.75, 3.05) is 18.5 Å². The zero-order valence-corrected chi connectivity index (χ0v) is 17.5. The zero-order chi connectivity index (χ0) is 19.6. The van der Waals surface area contributed by atoms with E-state index in [0.717, 1.165) is 49.1 Å². The topological polar surface area (TPSA) is 47.6 Å². The second-order valence-electron chi connectivity index (χ2n) is 7.68. The normalized spacial score (nSPS) is 13.5. The fourth-order valence-corrected chi connectivity index (χ4v) is 2.70. The minimum Gasteiger partial charge on any atom is -0.493 e. The third-order valence-corrected chi connectivity index (χ3v) is 4.37. The molecule has 0 fully saturated rings. The Morgan fingerprint density at radius 2 is 1.92 bits per heavy atom. The minimum atomic E-state index is -0.786. The maximum Gasteiger partial charge on any atom is 0.256 e. The molecule has 0 aliphatic rings. The number of unbranched alkanes of at least 4 members (excludes halogenated alkanes) is 2. The summed E-state index contributed by atoms with van der Waals surface area (Å²) < 4.78 is 11.7. The molecule has 0 radical (unpaired) electrons. The van der Waals surface area contributed by atoms with Crippen molar-refractivity contribution in [3.05, 3.63) is 23.8 Å². The largest absolute Gasteiger partial charge is 0.493 e. The van der Waals surface area contributed by atoms with E-state index in [9.17, 15) is 4.79 Å². The van der Waals surface area contributed by atoms with Crippen molar-refractivity contribution in [1.82, 2.24) is 0 Å². The molecule has 1 aromatic rings. The fourth-order valence-electron chi connectivity index (χ4n) is 2.70. The van der Waals surface area contributed by atoms with Crippen LogP contribution in [0.5, 0.6) is 5.75 Å². The number of anilines is 1. The van der Waals surface area contributed by atoms with E-state index in [4.69, 9.17) is 9.47 Å². The van der Waals surface area contributed by atoms with Crippen molar-refractivity contribution in [2.45, 2.75) is 79.2 Å². The summed E-state index contributed by atoms with van der Waals surface area (Å²) in [5.41, 5.74) is 1.02. The molecule has 0 saturated heterocycles. The van der Waals surface area contributed by atoms with Gasteiger partial charge in [-0.1, -0.05) is 47.0 Å². The summed E-state index contributed by atoms with van der Waals surface area (Å²) in [4.78, 5) is 12.9. The molecule has 0 bridgehead atoms. The first-order chi connectivity index (χ1) is 12.3. The molecule has 1 atom stereocenters. The number of rotatable bonds is 12. The van der Waals surface area contributed by atoms with Gasteiger partial charge in [-0.25, -0.2) is 0 Å². The van der Waals surface area contributed by atoms with E-state index in [0.29, 0.717) is 19.1 Å². The van der Waals surface area contributed by atoms with Gasteiger partial charge in [-0.15, -0.1) is 0 Å². The van der Waals surface area contributed by atoms with Crippen LogP contribution in [0.15, 0.2) is 18.2 Å². The molecule has 0 aromatic heterocycles. The molecule has 0 saturated carbocycles. The Hall–Kier alpha value is -1.55. The van der Waals surface area contributed by atoms with Crippen molar-refractivity contribution in [2.24, 2.45) is 5.92 Å². The number of nitrogens with one attached hydrogen (secondary N) is 1. The maximum atomic E-state index is 12.9. The molecule has 4 heteroatoms. The Balaban J connectivity index is 2.79. The summed E-state index contributed by atoms with van der Waals surface area (Å²) in [7, 11) is 0. The van der Waals surface area contributed by atoms with Crippen molar-refractivity contribution in [3.63, 3.8) is 0 Å². The molecule has 1 N–H and O–H groups in total. The van der Waals surface area contributed by atoms with Crippen molar-refractivity contribution in [3.8, 4) is 5.75 Å². The summed E-state index contributed by atoms with van der Waals surface area (Å²) in [6.07, 6.45) is 4.87. The minimum absolute atomic E-state index is 0.0719. The number of hydrogen-bond donors (Lipinski definition) is 1. The Morgan fingerprint density at radius 1 is 1.19 bits per heavy atom. The lowest BCUT2D eigenvalue weighted by molar-refractivity contribution is -0.140. The Kier molecular flexibility index (Phi) is 9.71. The molecule has 0 aliphatic carbocycles. The van der Waals surface area contributed by atoms with Crippen molar-refractivity contribution < 1.29 is 14.3 Å². The molecular formula is C22H37NO3. The molecule has 0 aliphatic heterocycles. The van der Waals surface area contributed by atoms with Gasteiger partial charge in [0.05, 0.1) is 6.61 Å². The maximum absolute atomic E-state index is 12.9. The predicted molar refractivity (Wildman–Crippen MR) is 109 cm³/mol. The lowest BCUT2D eigenvalue weighted by Crippen LogP contribution is -2.43. The highest BCUT2D eigenvalue weighted by Gasteiger charge is 2.33. The second kappa shape index (κ2) is 11.2. The smallest absolute Gasteiger partial charge is 0.256 e. The highest BCUT2D eigenvalue weighted by Crippen LogP contribution is 2.26. The summed E-state index contributed by atoms with van der Waals surface area (Å²) >= 11 is 0. The molecule has 26 heavy (non-hydrogen) atoms. The lowest BCUT2D eigenvalue weighted by Gasteiger charge is -2.29. The van der Waals surface area contributed by atoms with Gasteiger partial charge >= 0.3 is 0 Å². The molecule has 0 unspecified atom stereocenters. The summed E-state index contributed by atoms with van der Waals surface area (Å²) in [6, 6.07) is 5.78. The average molecular weight is 364 g/mol. The van der Waals surface area contributed by atoms with Gasteiger partial charge in [-0.05, 0) is 56.4 Å². The SMILES string of the molecule is CCCCC[C@](C)(OCCC)C(=O)Nc1ccc(OCC(C)C)c(C)c1. The summed E-state index contributed by atoms with van der Waals surface area (Å²) in [5.74, 6) is 1.27. The van der Waals surface area contributed by atoms with Crippen LogP contribution < -0.4 is 10.1 Å². The highest BCUT2D eigenvalue weighted by molar-refractivity contribution is 5.97. The number of carbonyl (C=O) groups excluding carboxylic acids is 1. The molecule has 1 aromatic carbocycles. The average Bonchev–Trinajstić information content (AvgIpc) is 2.59. The van der Waals surface area contributed by atoms with Gasteiger partial charge in [-0.2, -0.15) is 0 Å². The number of hydrogen-bond acceptors (Lipinski definition) is 3. The highest BCUT2D eigenvalue weighted by atomic mass is 16.5. The molecule has 0 heterocycles. The molecule has 0 spiro atoms. The van der Waals surface area contributed by atoms with Gasteiger partial charge in [0.25, 0.3) is 5.91 Å². The predicted octanol–water partition coefficient (Wildman–Crippen LogP) is 5.73. The van der Waals surface area contributed by atoms with E-state index >= 15 is 0 Å². The van der Waals surface area contributed by atoms with Crippen LogP contribution in [0.1, 0.15) is 72.3 Å². The first kappa shape index (κ1) is 22.5. The quantitative estimate of drug-likeness (QED) is 0.482. The summed E-state index contributed by atoms with van der Waals surface area (Å²) in [5, 5.41) is 3.03. The third kappa shape index (κ3) is 7.36. The van der Waals surface area contributed by atoms with Crippen LogP contribution in [0.3, 0.4) is 0 Å². The number of amides is 1. The van der Waals surface area contributed by atoms with Crippen LogP contribution in [-0.4, -0.2) is 24.7 Å². The third-order valence-electron chi connectivity index (χ3n) is 4.37. The van der Waals surface area contributed by atoms with E-state index in [1.54, 1.807) is 0 Å². The van der Waals surface area contributed by atoms with Crippen LogP contribution in [0.2, 0.25) is 0 Å². The summed E-state index contributed by atoms with van der Waals surface area (Å²) in [6.45, 7) is 13.7. The van der Waals surface area contributed by atoms with Crippen molar-refractivity contribution in [1.29, 1.82) is 0 Å². The first-order valence-electron chi connectivity index (χ1n) is 10.0. The van der Waals surface area contributed by atoms with E-state index in [1.165, 1.54) is 0 Å². The van der Waals surface area contributed by atoms with Crippen LogP contribution >= 0.6 is 0 Å². The molecule has 1 amide bonds. The lowest BCUT2D eigenvalue weighted by atomic mass is 9.96. The monoisotopic (exact) mass is 363 g/mol. The van der Waals surface area contributed by atoms with E-state index in [1.807, 2.05) is 32.0 Å². The van der Waals surface area contributed by atoms with Crippen molar-refractivity contribution >= 4 is 11.6 Å². The molecule has 148 valence electrons. The number of benzene rings is 1. The van der Waals surface area contributed by atoms with Gasteiger partial charge in [0.2, 0.25) is 0 Å². The van der Waals surface area contributed by atoms with Gasteiger partial charge in [0, 0.05) is 12.3 Å². The molecule has 1 rings (SSSR count). The molecular weight excluding hydrogens is 326 g/mol. The zero-order valence-electron chi connectivity index (χ0n) is 17.5. The Morgan fingerprint density at radius 3 is 2.50 bits per heavy atom.